The van der Waals surface area contributed by atoms with Crippen LogP contribution in [0.5, 0.6) is 0 Å². The van der Waals surface area contributed by atoms with Crippen LogP contribution in [0.2, 0.25) is 0 Å². The standard InChI is InChI=1S/C14H16F2N2O3/c1-2-4-21-5-3-13-17-11-6-9(15)10(16)7-12(11)18(13)8-14(19)20/h6-7H,2-5,8H2,1H3,(H,19,20). The van der Waals surface area contributed by atoms with Crippen molar-refractivity contribution in [3.8, 4) is 0 Å². The van der Waals surface area contributed by atoms with E-state index in [0.717, 1.165) is 18.6 Å². The molecule has 1 N–H and O–H groups in total. The number of halogens is 2. The number of fused-ring (bicyclic) bond motifs is 1. The van der Waals surface area contributed by atoms with E-state index in [4.69, 9.17) is 9.84 Å². The summed E-state index contributed by atoms with van der Waals surface area (Å²) in [7, 11) is 0. The van der Waals surface area contributed by atoms with Crippen molar-refractivity contribution in [2.24, 2.45) is 0 Å². The molecule has 0 bridgehead atoms. The van der Waals surface area contributed by atoms with Crippen LogP contribution in [0.4, 0.5) is 8.78 Å². The Kier molecular flexibility index (Phi) is 4.85. The second-order valence-corrected chi connectivity index (χ2v) is 4.63. The van der Waals surface area contributed by atoms with E-state index in [-0.39, 0.29) is 17.6 Å². The Morgan fingerprint density at radius 2 is 2.05 bits per heavy atom. The molecule has 0 saturated carbocycles. The van der Waals surface area contributed by atoms with Gasteiger partial charge in [0.2, 0.25) is 0 Å². The van der Waals surface area contributed by atoms with E-state index in [9.17, 15) is 13.6 Å². The maximum absolute atomic E-state index is 13.3. The number of nitrogens with zero attached hydrogens (tertiary/aromatic N) is 2. The summed E-state index contributed by atoms with van der Waals surface area (Å²) in [6.07, 6.45) is 1.26. The largest absolute Gasteiger partial charge is 0.480 e. The van der Waals surface area contributed by atoms with Crippen molar-refractivity contribution in [3.05, 3.63) is 29.6 Å². The molecule has 0 aliphatic heterocycles. The molecular formula is C14H16F2N2O3. The van der Waals surface area contributed by atoms with Crippen LogP contribution in [-0.4, -0.2) is 33.8 Å². The van der Waals surface area contributed by atoms with Crippen molar-refractivity contribution in [1.29, 1.82) is 0 Å². The van der Waals surface area contributed by atoms with E-state index >= 15 is 0 Å². The third-order valence-electron chi connectivity index (χ3n) is 2.98. The highest BCUT2D eigenvalue weighted by molar-refractivity contribution is 5.78. The first-order valence-corrected chi connectivity index (χ1v) is 6.66. The van der Waals surface area contributed by atoms with Crippen LogP contribution < -0.4 is 0 Å². The summed E-state index contributed by atoms with van der Waals surface area (Å²) in [5.74, 6) is -2.66. The normalized spacial score (nSPS) is 11.2. The minimum atomic E-state index is -1.07. The van der Waals surface area contributed by atoms with Gasteiger partial charge >= 0.3 is 5.97 Å². The zero-order chi connectivity index (χ0) is 15.4. The van der Waals surface area contributed by atoms with Crippen LogP contribution in [-0.2, 0) is 22.5 Å². The Labute approximate surface area is 120 Å². The molecule has 0 unspecified atom stereocenters. The van der Waals surface area contributed by atoms with Gasteiger partial charge in [-0.1, -0.05) is 6.92 Å². The van der Waals surface area contributed by atoms with Gasteiger partial charge in [-0.05, 0) is 6.42 Å². The van der Waals surface area contributed by atoms with Crippen LogP contribution >= 0.6 is 0 Å². The molecule has 0 aliphatic rings. The van der Waals surface area contributed by atoms with Gasteiger partial charge in [0.15, 0.2) is 11.6 Å². The van der Waals surface area contributed by atoms with Gasteiger partial charge in [-0.15, -0.1) is 0 Å². The smallest absolute Gasteiger partial charge is 0.323 e. The zero-order valence-corrected chi connectivity index (χ0v) is 11.6. The number of rotatable bonds is 7. The first-order valence-electron chi connectivity index (χ1n) is 6.66. The molecule has 7 heteroatoms. The zero-order valence-electron chi connectivity index (χ0n) is 11.6. The lowest BCUT2D eigenvalue weighted by Gasteiger charge is -2.07. The summed E-state index contributed by atoms with van der Waals surface area (Å²) in [4.78, 5) is 15.1. The quantitative estimate of drug-likeness (QED) is 0.797. The average molecular weight is 298 g/mol. The molecular weight excluding hydrogens is 282 g/mol. The van der Waals surface area contributed by atoms with Crippen LogP contribution in [0.25, 0.3) is 11.0 Å². The fourth-order valence-corrected chi connectivity index (χ4v) is 2.08. The van der Waals surface area contributed by atoms with Crippen molar-refractivity contribution >= 4 is 17.0 Å². The third kappa shape index (κ3) is 3.55. The fraction of sp³-hybridized carbons (Fsp3) is 0.429. The van der Waals surface area contributed by atoms with Gasteiger partial charge in [0, 0.05) is 25.2 Å². The summed E-state index contributed by atoms with van der Waals surface area (Å²) in [5.41, 5.74) is 0.502. The van der Waals surface area contributed by atoms with Gasteiger partial charge in [-0.25, -0.2) is 13.8 Å². The Bertz CT molecular complexity index is 655. The van der Waals surface area contributed by atoms with Gasteiger partial charge in [0.1, 0.15) is 12.4 Å². The number of aromatic nitrogens is 2. The number of carboxylic acid groups (broad SMARTS) is 1. The highest BCUT2D eigenvalue weighted by Crippen LogP contribution is 2.20. The molecule has 2 rings (SSSR count). The van der Waals surface area contributed by atoms with E-state index in [1.807, 2.05) is 6.92 Å². The summed E-state index contributed by atoms with van der Waals surface area (Å²) < 4.78 is 33.3. The minimum Gasteiger partial charge on any atom is -0.480 e. The van der Waals surface area contributed by atoms with Crippen LogP contribution in [0.1, 0.15) is 19.2 Å². The van der Waals surface area contributed by atoms with Gasteiger partial charge in [-0.3, -0.25) is 4.79 Å². The molecule has 0 spiro atoms. The Hall–Kier alpha value is -2.02. The molecule has 0 atom stereocenters. The van der Waals surface area contributed by atoms with Crippen LogP contribution in [0, 0.1) is 11.6 Å². The number of imidazole rings is 1. The number of hydrogen-bond acceptors (Lipinski definition) is 3. The SMILES string of the molecule is CCCOCCc1nc2cc(F)c(F)cc2n1CC(=O)O. The van der Waals surface area contributed by atoms with Crippen molar-refractivity contribution in [1.82, 2.24) is 9.55 Å². The predicted octanol–water partition coefficient (Wildman–Crippen LogP) is 2.37. The molecule has 0 fully saturated rings. The summed E-state index contributed by atoms with van der Waals surface area (Å²) in [6.45, 7) is 2.60. The number of ether oxygens (including phenoxy) is 1. The highest BCUT2D eigenvalue weighted by Gasteiger charge is 2.16. The van der Waals surface area contributed by atoms with Crippen molar-refractivity contribution in [2.45, 2.75) is 26.3 Å². The number of carboxylic acids is 1. The molecule has 0 amide bonds. The maximum atomic E-state index is 13.3. The van der Waals surface area contributed by atoms with E-state index < -0.39 is 17.6 Å². The molecule has 21 heavy (non-hydrogen) atoms. The van der Waals surface area contributed by atoms with Gasteiger partial charge in [-0.2, -0.15) is 0 Å². The van der Waals surface area contributed by atoms with Gasteiger partial charge < -0.3 is 14.4 Å². The van der Waals surface area contributed by atoms with Gasteiger partial charge in [0.25, 0.3) is 0 Å². The monoisotopic (exact) mass is 298 g/mol. The lowest BCUT2D eigenvalue weighted by atomic mass is 10.3. The number of aliphatic carboxylic acids is 1. The first kappa shape index (κ1) is 15.4. The predicted molar refractivity (Wildman–Crippen MR) is 72.1 cm³/mol. The molecule has 1 heterocycles. The lowest BCUT2D eigenvalue weighted by Crippen LogP contribution is -2.13. The molecule has 1 aromatic carbocycles. The van der Waals surface area contributed by atoms with Crippen molar-refractivity contribution in [2.75, 3.05) is 13.2 Å². The third-order valence-corrected chi connectivity index (χ3v) is 2.98. The van der Waals surface area contributed by atoms with E-state index in [2.05, 4.69) is 4.98 Å². The molecule has 5 nitrogen and oxygen atoms in total. The lowest BCUT2D eigenvalue weighted by molar-refractivity contribution is -0.137. The first-order chi connectivity index (χ1) is 10.0. The van der Waals surface area contributed by atoms with Crippen LogP contribution in [0.3, 0.4) is 0 Å². The highest BCUT2D eigenvalue weighted by atomic mass is 19.2. The average Bonchev–Trinajstić information content (AvgIpc) is 2.73. The van der Waals surface area contributed by atoms with E-state index in [0.29, 0.717) is 25.5 Å². The molecule has 0 saturated heterocycles. The van der Waals surface area contributed by atoms with Crippen molar-refractivity contribution in [3.63, 3.8) is 0 Å². The van der Waals surface area contributed by atoms with Crippen LogP contribution in [0.15, 0.2) is 12.1 Å². The molecule has 1 aromatic heterocycles. The van der Waals surface area contributed by atoms with E-state index in [1.165, 1.54) is 4.57 Å². The maximum Gasteiger partial charge on any atom is 0.323 e. The Morgan fingerprint density at radius 1 is 1.33 bits per heavy atom. The Morgan fingerprint density at radius 3 is 2.71 bits per heavy atom. The van der Waals surface area contributed by atoms with Gasteiger partial charge in [0.05, 0.1) is 17.6 Å². The Balaban J connectivity index is 2.35. The molecule has 0 aliphatic carbocycles. The fourth-order valence-electron chi connectivity index (χ4n) is 2.08. The molecule has 2 aromatic rings. The number of carbonyl (C=O) groups is 1. The molecule has 114 valence electrons. The minimum absolute atomic E-state index is 0.237. The summed E-state index contributed by atoms with van der Waals surface area (Å²) in [5, 5.41) is 8.96. The topological polar surface area (TPSA) is 64.4 Å². The summed E-state index contributed by atoms with van der Waals surface area (Å²) in [6, 6.07) is 1.94. The summed E-state index contributed by atoms with van der Waals surface area (Å²) >= 11 is 0. The number of hydrogen-bond donors (Lipinski definition) is 1. The van der Waals surface area contributed by atoms with E-state index in [1.54, 1.807) is 0 Å². The van der Waals surface area contributed by atoms with Crippen molar-refractivity contribution < 1.29 is 23.4 Å². The number of benzene rings is 1. The molecule has 0 radical (unpaired) electrons. The second kappa shape index (κ2) is 6.62. The second-order valence-electron chi connectivity index (χ2n) is 4.63.